The molecule has 1 N–H and O–H groups in total. The summed E-state index contributed by atoms with van der Waals surface area (Å²) in [5.74, 6) is -1.15. The Morgan fingerprint density at radius 2 is 1.76 bits per heavy atom. The molecule has 0 spiro atoms. The molecule has 6 nitrogen and oxygen atoms in total. The fraction of sp³-hybridized carbons (Fsp3) is 0.176. The van der Waals surface area contributed by atoms with Crippen LogP contribution >= 0.6 is 22.6 Å². The van der Waals surface area contributed by atoms with E-state index < -0.39 is 28.3 Å². The van der Waals surface area contributed by atoms with Gasteiger partial charge in [-0.25, -0.2) is 13.2 Å². The summed E-state index contributed by atoms with van der Waals surface area (Å²) >= 11 is 2.17. The van der Waals surface area contributed by atoms with Crippen molar-refractivity contribution in [3.63, 3.8) is 0 Å². The minimum atomic E-state index is -3.33. The molecule has 0 aliphatic carbocycles. The highest BCUT2D eigenvalue weighted by atomic mass is 127. The average Bonchev–Trinajstić information content (AvgIpc) is 2.54. The van der Waals surface area contributed by atoms with E-state index in [2.05, 4.69) is 27.9 Å². The van der Waals surface area contributed by atoms with Crippen molar-refractivity contribution in [1.29, 1.82) is 0 Å². The van der Waals surface area contributed by atoms with Crippen LogP contribution in [-0.2, 0) is 19.4 Å². The first-order chi connectivity index (χ1) is 11.7. The van der Waals surface area contributed by atoms with Crippen molar-refractivity contribution in [3.05, 3.63) is 57.2 Å². The van der Waals surface area contributed by atoms with Gasteiger partial charge in [-0.1, -0.05) is 0 Å². The van der Waals surface area contributed by atoms with Crippen LogP contribution in [0.4, 0.5) is 5.69 Å². The van der Waals surface area contributed by atoms with Crippen molar-refractivity contribution in [2.75, 3.05) is 18.2 Å². The van der Waals surface area contributed by atoms with E-state index in [1.54, 1.807) is 6.07 Å². The van der Waals surface area contributed by atoms with E-state index in [-0.39, 0.29) is 10.5 Å². The SMILES string of the molecule is Cc1cc(I)ccc1NC(=O)COC(=O)c1ccc(S(C)(=O)=O)cc1. The summed E-state index contributed by atoms with van der Waals surface area (Å²) in [5, 5.41) is 2.67. The standard InChI is InChI=1S/C17H16INO5S/c1-11-9-13(18)5-8-15(11)19-16(20)10-24-17(21)12-3-6-14(7-4-12)25(2,22)23/h3-9H,10H2,1-2H3,(H,19,20). The van der Waals surface area contributed by atoms with Crippen LogP contribution in [0.2, 0.25) is 0 Å². The zero-order valence-corrected chi connectivity index (χ0v) is 16.6. The van der Waals surface area contributed by atoms with Gasteiger partial charge in [-0.3, -0.25) is 4.79 Å². The number of carbonyl (C=O) groups is 2. The van der Waals surface area contributed by atoms with Crippen LogP contribution in [0.1, 0.15) is 15.9 Å². The third-order valence-electron chi connectivity index (χ3n) is 3.32. The number of hydrogen-bond acceptors (Lipinski definition) is 5. The van der Waals surface area contributed by atoms with Gasteiger partial charge >= 0.3 is 5.97 Å². The molecule has 1 amide bonds. The summed E-state index contributed by atoms with van der Waals surface area (Å²) < 4.78 is 28.8. The monoisotopic (exact) mass is 473 g/mol. The number of anilines is 1. The fourth-order valence-corrected chi connectivity index (χ4v) is 3.28. The maximum absolute atomic E-state index is 11.9. The van der Waals surface area contributed by atoms with E-state index in [4.69, 9.17) is 4.74 Å². The zero-order valence-electron chi connectivity index (χ0n) is 13.6. The number of esters is 1. The number of halogens is 1. The summed E-state index contributed by atoms with van der Waals surface area (Å²) in [5.41, 5.74) is 1.73. The van der Waals surface area contributed by atoms with Gasteiger partial charge in [-0.05, 0) is 77.5 Å². The van der Waals surface area contributed by atoms with E-state index in [1.807, 2.05) is 19.1 Å². The minimum Gasteiger partial charge on any atom is -0.452 e. The number of sulfone groups is 1. The Morgan fingerprint density at radius 3 is 2.32 bits per heavy atom. The molecule has 2 rings (SSSR count). The van der Waals surface area contributed by atoms with Crippen molar-refractivity contribution in [2.24, 2.45) is 0 Å². The summed E-state index contributed by atoms with van der Waals surface area (Å²) in [7, 11) is -3.33. The number of aryl methyl sites for hydroxylation is 1. The third kappa shape index (κ3) is 5.53. The number of nitrogens with one attached hydrogen (secondary N) is 1. The number of rotatable bonds is 5. The fourth-order valence-electron chi connectivity index (χ4n) is 2.01. The van der Waals surface area contributed by atoms with Gasteiger partial charge in [0.15, 0.2) is 16.4 Å². The highest BCUT2D eigenvalue weighted by molar-refractivity contribution is 14.1. The van der Waals surface area contributed by atoms with E-state index in [9.17, 15) is 18.0 Å². The van der Waals surface area contributed by atoms with E-state index in [1.165, 1.54) is 24.3 Å². The van der Waals surface area contributed by atoms with Gasteiger partial charge in [0.25, 0.3) is 5.91 Å². The second-order valence-corrected chi connectivity index (χ2v) is 8.64. The lowest BCUT2D eigenvalue weighted by Crippen LogP contribution is -2.21. The first kappa shape index (κ1) is 19.4. The molecule has 0 heterocycles. The van der Waals surface area contributed by atoms with Crippen LogP contribution < -0.4 is 5.32 Å². The Hall–Kier alpha value is -1.94. The minimum absolute atomic E-state index is 0.107. The highest BCUT2D eigenvalue weighted by Crippen LogP contribution is 2.17. The second-order valence-electron chi connectivity index (χ2n) is 5.38. The summed E-state index contributed by atoms with van der Waals surface area (Å²) in [6.45, 7) is 1.44. The van der Waals surface area contributed by atoms with Crippen molar-refractivity contribution in [1.82, 2.24) is 0 Å². The number of carbonyl (C=O) groups excluding carboxylic acids is 2. The van der Waals surface area contributed by atoms with Crippen LogP contribution in [0.5, 0.6) is 0 Å². The molecule has 2 aromatic rings. The molecular weight excluding hydrogens is 457 g/mol. The molecule has 0 atom stereocenters. The predicted octanol–water partition coefficient (Wildman–Crippen LogP) is 2.80. The number of benzene rings is 2. The van der Waals surface area contributed by atoms with Gasteiger partial charge in [0.05, 0.1) is 10.5 Å². The van der Waals surface area contributed by atoms with E-state index in [0.717, 1.165) is 15.4 Å². The van der Waals surface area contributed by atoms with Crippen LogP contribution in [0.25, 0.3) is 0 Å². The van der Waals surface area contributed by atoms with Crippen molar-refractivity contribution >= 4 is 50.0 Å². The van der Waals surface area contributed by atoms with Crippen LogP contribution in [0.15, 0.2) is 47.4 Å². The molecule has 0 saturated carbocycles. The lowest BCUT2D eigenvalue weighted by molar-refractivity contribution is -0.119. The van der Waals surface area contributed by atoms with Crippen molar-refractivity contribution < 1.29 is 22.7 Å². The van der Waals surface area contributed by atoms with Gasteiger partial charge in [0.1, 0.15) is 0 Å². The molecule has 0 aliphatic rings. The summed E-state index contributed by atoms with van der Waals surface area (Å²) in [6.07, 6.45) is 1.08. The van der Waals surface area contributed by atoms with Gasteiger partial charge in [-0.2, -0.15) is 0 Å². The Morgan fingerprint density at radius 1 is 1.12 bits per heavy atom. The van der Waals surface area contributed by atoms with Gasteiger partial charge in [0.2, 0.25) is 0 Å². The molecular formula is C17H16INO5S. The van der Waals surface area contributed by atoms with E-state index in [0.29, 0.717) is 5.69 Å². The lowest BCUT2D eigenvalue weighted by Gasteiger charge is -2.09. The molecule has 8 heteroatoms. The number of amides is 1. The number of hydrogen-bond donors (Lipinski definition) is 1. The average molecular weight is 473 g/mol. The topological polar surface area (TPSA) is 89.5 Å². The summed E-state index contributed by atoms with van der Waals surface area (Å²) in [6, 6.07) is 10.9. The molecule has 0 fully saturated rings. The Bertz CT molecular complexity index is 907. The van der Waals surface area contributed by atoms with E-state index >= 15 is 0 Å². The Balaban J connectivity index is 1.94. The quantitative estimate of drug-likeness (QED) is 0.533. The maximum atomic E-state index is 11.9. The van der Waals surface area contributed by atoms with Gasteiger partial charge in [0, 0.05) is 15.5 Å². The molecule has 0 saturated heterocycles. The normalized spacial score (nSPS) is 11.0. The zero-order chi connectivity index (χ0) is 18.6. The lowest BCUT2D eigenvalue weighted by atomic mass is 10.2. The molecule has 0 aliphatic heterocycles. The second kappa shape index (κ2) is 7.96. The molecule has 2 aromatic carbocycles. The predicted molar refractivity (Wildman–Crippen MR) is 102 cm³/mol. The van der Waals surface area contributed by atoms with Gasteiger partial charge in [-0.15, -0.1) is 0 Å². The van der Waals surface area contributed by atoms with Crippen molar-refractivity contribution in [3.8, 4) is 0 Å². The largest absolute Gasteiger partial charge is 0.452 e. The summed E-state index contributed by atoms with van der Waals surface area (Å²) in [4.78, 5) is 23.9. The molecule has 0 unspecified atom stereocenters. The van der Waals surface area contributed by atoms with Crippen molar-refractivity contribution in [2.45, 2.75) is 11.8 Å². The van der Waals surface area contributed by atoms with Crippen LogP contribution in [-0.4, -0.2) is 33.2 Å². The number of ether oxygens (including phenoxy) is 1. The molecule has 0 radical (unpaired) electrons. The first-order valence-electron chi connectivity index (χ1n) is 7.20. The third-order valence-corrected chi connectivity index (χ3v) is 5.11. The van der Waals surface area contributed by atoms with Crippen LogP contribution in [0.3, 0.4) is 0 Å². The Labute approximate surface area is 159 Å². The molecule has 132 valence electrons. The smallest absolute Gasteiger partial charge is 0.338 e. The highest BCUT2D eigenvalue weighted by Gasteiger charge is 2.13. The first-order valence-corrected chi connectivity index (χ1v) is 10.2. The van der Waals surface area contributed by atoms with Crippen LogP contribution in [0, 0.1) is 10.5 Å². The maximum Gasteiger partial charge on any atom is 0.338 e. The Kier molecular flexibility index (Phi) is 6.17. The molecule has 0 aromatic heterocycles. The van der Waals surface area contributed by atoms with Gasteiger partial charge < -0.3 is 10.1 Å². The molecule has 25 heavy (non-hydrogen) atoms. The molecule has 0 bridgehead atoms.